The van der Waals surface area contributed by atoms with Crippen LogP contribution in [0.4, 0.5) is 5.69 Å². The minimum atomic E-state index is 0.611. The summed E-state index contributed by atoms with van der Waals surface area (Å²) >= 11 is 0. The lowest BCUT2D eigenvalue weighted by molar-refractivity contribution is 1.01. The lowest BCUT2D eigenvalue weighted by Gasteiger charge is -2.05. The summed E-state index contributed by atoms with van der Waals surface area (Å²) in [6.45, 7) is 0.611. The number of fused-ring (bicyclic) bond motifs is 1. The van der Waals surface area contributed by atoms with Crippen LogP contribution in [-0.4, -0.2) is 25.1 Å². The van der Waals surface area contributed by atoms with Crippen molar-refractivity contribution < 1.29 is 0 Å². The van der Waals surface area contributed by atoms with Gasteiger partial charge in [0.2, 0.25) is 0 Å². The van der Waals surface area contributed by atoms with Gasteiger partial charge < -0.3 is 5.32 Å². The molecule has 6 heteroatoms. The van der Waals surface area contributed by atoms with E-state index in [9.17, 15) is 0 Å². The zero-order valence-electron chi connectivity index (χ0n) is 8.96. The first-order valence-corrected chi connectivity index (χ1v) is 5.21. The molecule has 3 heterocycles. The Morgan fingerprint density at radius 3 is 3.06 bits per heavy atom. The summed E-state index contributed by atoms with van der Waals surface area (Å²) in [7, 11) is 0. The van der Waals surface area contributed by atoms with Crippen LogP contribution in [0.1, 0.15) is 5.69 Å². The van der Waals surface area contributed by atoms with Gasteiger partial charge in [-0.05, 0) is 6.07 Å². The van der Waals surface area contributed by atoms with Crippen LogP contribution in [0.3, 0.4) is 0 Å². The Kier molecular flexibility index (Phi) is 2.38. The lowest BCUT2D eigenvalue weighted by Crippen LogP contribution is -2.02. The molecule has 0 saturated carbocycles. The molecule has 0 aliphatic rings. The average molecular weight is 226 g/mol. The minimum absolute atomic E-state index is 0.611. The van der Waals surface area contributed by atoms with Crippen molar-refractivity contribution in [2.75, 3.05) is 5.32 Å². The molecule has 0 radical (unpaired) electrons. The van der Waals surface area contributed by atoms with Crippen LogP contribution in [0.5, 0.6) is 0 Å². The molecule has 0 bridgehead atoms. The Morgan fingerprint density at radius 1 is 1.18 bits per heavy atom. The number of nitrogens with one attached hydrogen (secondary N) is 2. The Hall–Kier alpha value is -2.50. The average Bonchev–Trinajstić information content (AvgIpc) is 2.86. The zero-order valence-corrected chi connectivity index (χ0v) is 8.96. The maximum absolute atomic E-state index is 4.20. The number of anilines is 1. The molecule has 3 aromatic rings. The van der Waals surface area contributed by atoms with E-state index in [1.54, 1.807) is 31.0 Å². The molecule has 0 amide bonds. The van der Waals surface area contributed by atoms with Gasteiger partial charge >= 0.3 is 0 Å². The monoisotopic (exact) mass is 226 g/mol. The van der Waals surface area contributed by atoms with Crippen molar-refractivity contribution in [3.63, 3.8) is 0 Å². The predicted octanol–water partition coefficient (Wildman–Crippen LogP) is 1.36. The van der Waals surface area contributed by atoms with Crippen LogP contribution in [0.25, 0.3) is 11.0 Å². The van der Waals surface area contributed by atoms with Crippen LogP contribution in [0, 0.1) is 0 Å². The van der Waals surface area contributed by atoms with Crippen molar-refractivity contribution in [2.24, 2.45) is 0 Å². The van der Waals surface area contributed by atoms with Gasteiger partial charge in [-0.1, -0.05) is 0 Å². The number of aromatic amines is 1. The SMILES string of the molecule is c1cnc(CNc2ccnc3c[nH]nc23)cn1. The number of hydrogen-bond acceptors (Lipinski definition) is 5. The second-order valence-electron chi connectivity index (χ2n) is 3.53. The van der Waals surface area contributed by atoms with E-state index in [0.717, 1.165) is 22.4 Å². The molecule has 0 fully saturated rings. The highest BCUT2D eigenvalue weighted by Gasteiger charge is 2.03. The Balaban J connectivity index is 1.84. The van der Waals surface area contributed by atoms with Crippen LogP contribution in [-0.2, 0) is 6.54 Å². The Labute approximate surface area is 97.1 Å². The maximum Gasteiger partial charge on any atom is 0.134 e. The minimum Gasteiger partial charge on any atom is -0.377 e. The highest BCUT2D eigenvalue weighted by atomic mass is 15.1. The van der Waals surface area contributed by atoms with Gasteiger partial charge in [-0.3, -0.25) is 20.1 Å². The topological polar surface area (TPSA) is 79.4 Å². The first-order chi connectivity index (χ1) is 8.43. The molecule has 0 spiro atoms. The molecule has 84 valence electrons. The van der Waals surface area contributed by atoms with Gasteiger partial charge in [0, 0.05) is 24.8 Å². The third-order valence-corrected chi connectivity index (χ3v) is 2.41. The van der Waals surface area contributed by atoms with Crippen LogP contribution in [0.15, 0.2) is 37.1 Å². The van der Waals surface area contributed by atoms with Gasteiger partial charge in [0.1, 0.15) is 11.0 Å². The first-order valence-electron chi connectivity index (χ1n) is 5.21. The Bertz CT molecular complexity index is 618. The molecule has 0 saturated heterocycles. The van der Waals surface area contributed by atoms with E-state index in [1.165, 1.54) is 0 Å². The molecule has 0 unspecified atom stereocenters. The van der Waals surface area contributed by atoms with Crippen molar-refractivity contribution in [1.82, 2.24) is 25.1 Å². The van der Waals surface area contributed by atoms with E-state index < -0.39 is 0 Å². The number of H-pyrrole nitrogens is 1. The third-order valence-electron chi connectivity index (χ3n) is 2.41. The van der Waals surface area contributed by atoms with Crippen molar-refractivity contribution in [2.45, 2.75) is 6.54 Å². The highest BCUT2D eigenvalue weighted by molar-refractivity contribution is 5.86. The molecular weight excluding hydrogens is 216 g/mol. The molecule has 6 nitrogen and oxygen atoms in total. The predicted molar refractivity (Wildman–Crippen MR) is 63.2 cm³/mol. The number of hydrogen-bond donors (Lipinski definition) is 2. The van der Waals surface area contributed by atoms with E-state index in [4.69, 9.17) is 0 Å². The fourth-order valence-electron chi connectivity index (χ4n) is 1.60. The summed E-state index contributed by atoms with van der Waals surface area (Å²) in [6.07, 6.45) is 8.57. The van der Waals surface area contributed by atoms with E-state index in [1.807, 2.05) is 6.07 Å². The summed E-state index contributed by atoms with van der Waals surface area (Å²) in [5.41, 5.74) is 3.49. The third kappa shape index (κ3) is 1.92. The normalized spacial score (nSPS) is 10.6. The van der Waals surface area contributed by atoms with Crippen LogP contribution < -0.4 is 5.32 Å². The quantitative estimate of drug-likeness (QED) is 0.705. The Morgan fingerprint density at radius 2 is 2.18 bits per heavy atom. The fraction of sp³-hybridized carbons (Fsp3) is 0.0909. The van der Waals surface area contributed by atoms with E-state index in [-0.39, 0.29) is 0 Å². The van der Waals surface area contributed by atoms with Gasteiger partial charge in [-0.2, -0.15) is 5.10 Å². The number of rotatable bonds is 3. The standard InChI is InChI=1S/C11H10N6/c1-2-14-10-7-16-17-11(10)9(1)15-6-8-5-12-3-4-13-8/h1-5,7H,6H2,(H,14,15)(H,16,17). The maximum atomic E-state index is 4.20. The summed E-state index contributed by atoms with van der Waals surface area (Å²) in [5.74, 6) is 0. The molecule has 0 aliphatic carbocycles. The summed E-state index contributed by atoms with van der Waals surface area (Å²) in [6, 6.07) is 1.89. The van der Waals surface area contributed by atoms with E-state index in [0.29, 0.717) is 6.54 Å². The molecule has 0 aliphatic heterocycles. The van der Waals surface area contributed by atoms with Gasteiger partial charge in [-0.15, -0.1) is 0 Å². The number of nitrogens with zero attached hydrogens (tertiary/aromatic N) is 4. The number of aromatic nitrogens is 5. The smallest absolute Gasteiger partial charge is 0.134 e. The van der Waals surface area contributed by atoms with E-state index >= 15 is 0 Å². The van der Waals surface area contributed by atoms with Gasteiger partial charge in [0.25, 0.3) is 0 Å². The number of pyridine rings is 1. The van der Waals surface area contributed by atoms with Crippen molar-refractivity contribution in [3.8, 4) is 0 Å². The molecule has 17 heavy (non-hydrogen) atoms. The molecule has 3 rings (SSSR count). The largest absolute Gasteiger partial charge is 0.377 e. The van der Waals surface area contributed by atoms with Crippen molar-refractivity contribution in [1.29, 1.82) is 0 Å². The van der Waals surface area contributed by atoms with E-state index in [2.05, 4.69) is 30.5 Å². The molecular formula is C11H10N6. The van der Waals surface area contributed by atoms with Gasteiger partial charge in [0.15, 0.2) is 0 Å². The second-order valence-corrected chi connectivity index (χ2v) is 3.53. The van der Waals surface area contributed by atoms with Gasteiger partial charge in [0.05, 0.1) is 24.1 Å². The molecule has 2 N–H and O–H groups in total. The summed E-state index contributed by atoms with van der Waals surface area (Å²) < 4.78 is 0. The zero-order chi connectivity index (χ0) is 11.5. The first kappa shape index (κ1) is 9.71. The van der Waals surface area contributed by atoms with Gasteiger partial charge in [-0.25, -0.2) is 0 Å². The van der Waals surface area contributed by atoms with Crippen molar-refractivity contribution >= 4 is 16.7 Å². The molecule has 0 atom stereocenters. The van der Waals surface area contributed by atoms with Crippen LogP contribution >= 0.6 is 0 Å². The summed E-state index contributed by atoms with van der Waals surface area (Å²) in [5, 5.41) is 10.2. The van der Waals surface area contributed by atoms with Crippen LogP contribution in [0.2, 0.25) is 0 Å². The molecule has 0 aromatic carbocycles. The van der Waals surface area contributed by atoms with Crippen molar-refractivity contribution in [3.05, 3.63) is 42.7 Å². The second kappa shape index (κ2) is 4.17. The lowest BCUT2D eigenvalue weighted by atomic mass is 10.3. The molecule has 3 aromatic heterocycles. The fourth-order valence-corrected chi connectivity index (χ4v) is 1.60. The summed E-state index contributed by atoms with van der Waals surface area (Å²) in [4.78, 5) is 12.4. The highest BCUT2D eigenvalue weighted by Crippen LogP contribution is 2.18.